The molecule has 0 bridgehead atoms. The van der Waals surface area contributed by atoms with Gasteiger partial charge in [-0.25, -0.2) is 0 Å². The number of rotatable bonds is 20. The highest BCUT2D eigenvalue weighted by atomic mass is 32.2. The standard InChI is InChI=1S/C36H64O3S/c1-10-11-12-13-14-15-16-17-18-19-20-21-22-23-24-25-26-40-28(2)32-31(39-29(3)37)27-30(35(4,5)6)34(38)33(32)36(7,8)9/h27-28,38H,10-26H2,1-9H3. The van der Waals surface area contributed by atoms with E-state index in [9.17, 15) is 9.90 Å². The van der Waals surface area contributed by atoms with Gasteiger partial charge in [-0.2, -0.15) is 11.8 Å². The van der Waals surface area contributed by atoms with Crippen molar-refractivity contribution in [2.24, 2.45) is 0 Å². The van der Waals surface area contributed by atoms with Gasteiger partial charge in [-0.1, -0.05) is 145 Å². The molecule has 0 amide bonds. The molecule has 40 heavy (non-hydrogen) atoms. The summed E-state index contributed by atoms with van der Waals surface area (Å²) in [7, 11) is 0. The summed E-state index contributed by atoms with van der Waals surface area (Å²) in [5, 5.41) is 11.5. The topological polar surface area (TPSA) is 46.5 Å². The number of unbranched alkanes of at least 4 members (excludes halogenated alkanes) is 15. The van der Waals surface area contributed by atoms with Crippen molar-refractivity contribution in [3.8, 4) is 11.5 Å². The van der Waals surface area contributed by atoms with E-state index >= 15 is 0 Å². The van der Waals surface area contributed by atoms with Gasteiger partial charge in [0.05, 0.1) is 0 Å². The van der Waals surface area contributed by atoms with Crippen LogP contribution in [0, 0.1) is 0 Å². The summed E-state index contributed by atoms with van der Waals surface area (Å²) in [5.74, 6) is 1.71. The average Bonchev–Trinajstić information content (AvgIpc) is 2.84. The maximum Gasteiger partial charge on any atom is 0.308 e. The fourth-order valence-electron chi connectivity index (χ4n) is 5.63. The second-order valence-electron chi connectivity index (χ2n) is 14.0. The first-order valence-corrected chi connectivity index (χ1v) is 17.6. The van der Waals surface area contributed by atoms with E-state index in [2.05, 4.69) is 55.4 Å². The van der Waals surface area contributed by atoms with Crippen LogP contribution >= 0.6 is 11.8 Å². The molecular formula is C36H64O3S. The molecule has 1 atom stereocenters. The predicted molar refractivity (Wildman–Crippen MR) is 177 cm³/mol. The summed E-state index contributed by atoms with van der Waals surface area (Å²) in [6.45, 7) is 18.6. The highest BCUT2D eigenvalue weighted by Gasteiger charge is 2.33. The molecule has 0 aliphatic rings. The van der Waals surface area contributed by atoms with Crippen molar-refractivity contribution >= 4 is 17.7 Å². The fourth-order valence-corrected chi connectivity index (χ4v) is 6.76. The highest BCUT2D eigenvalue weighted by molar-refractivity contribution is 7.99. The van der Waals surface area contributed by atoms with E-state index in [0.29, 0.717) is 11.5 Å². The number of benzene rings is 1. The third-order valence-electron chi connectivity index (χ3n) is 7.89. The molecule has 0 spiro atoms. The number of hydrogen-bond acceptors (Lipinski definition) is 4. The molecule has 232 valence electrons. The zero-order valence-corrected chi connectivity index (χ0v) is 28.7. The third kappa shape index (κ3) is 14.1. The Balaban J connectivity index is 2.47. The van der Waals surface area contributed by atoms with Crippen molar-refractivity contribution in [3.05, 3.63) is 22.8 Å². The number of esters is 1. The van der Waals surface area contributed by atoms with Gasteiger partial charge in [-0.3, -0.25) is 4.79 Å². The molecule has 0 aromatic heterocycles. The summed E-state index contributed by atoms with van der Waals surface area (Å²) in [4.78, 5) is 12.0. The summed E-state index contributed by atoms with van der Waals surface area (Å²) in [6.07, 6.45) is 22.1. The zero-order chi connectivity index (χ0) is 30.2. The minimum atomic E-state index is -0.318. The first kappa shape index (κ1) is 36.9. The van der Waals surface area contributed by atoms with Crippen LogP contribution in [0.2, 0.25) is 0 Å². The van der Waals surface area contributed by atoms with Gasteiger partial charge in [-0.05, 0) is 36.0 Å². The van der Waals surface area contributed by atoms with Gasteiger partial charge >= 0.3 is 5.97 Å². The Hall–Kier alpha value is -1.16. The van der Waals surface area contributed by atoms with Gasteiger partial charge in [0.2, 0.25) is 0 Å². The molecule has 1 aromatic carbocycles. The minimum absolute atomic E-state index is 0.125. The molecule has 0 fully saturated rings. The van der Waals surface area contributed by atoms with E-state index in [0.717, 1.165) is 22.4 Å². The predicted octanol–water partition coefficient (Wildman–Crippen LogP) is 12.0. The Labute approximate surface area is 253 Å². The van der Waals surface area contributed by atoms with Crippen LogP contribution in [-0.4, -0.2) is 16.8 Å². The minimum Gasteiger partial charge on any atom is -0.507 e. The second kappa shape index (κ2) is 19.1. The fraction of sp³-hybridized carbons (Fsp3) is 0.806. The molecule has 0 aliphatic carbocycles. The molecule has 0 radical (unpaired) electrons. The monoisotopic (exact) mass is 576 g/mol. The Bertz CT molecular complexity index is 847. The Morgan fingerprint density at radius 2 is 1.20 bits per heavy atom. The second-order valence-corrected chi connectivity index (χ2v) is 15.4. The zero-order valence-electron chi connectivity index (χ0n) is 27.8. The van der Waals surface area contributed by atoms with Crippen LogP contribution in [-0.2, 0) is 15.6 Å². The number of thioether (sulfide) groups is 1. The average molecular weight is 577 g/mol. The van der Waals surface area contributed by atoms with Gasteiger partial charge in [-0.15, -0.1) is 0 Å². The van der Waals surface area contributed by atoms with Crippen LogP contribution in [0.4, 0.5) is 0 Å². The van der Waals surface area contributed by atoms with E-state index in [4.69, 9.17) is 4.74 Å². The number of phenolic OH excluding ortho intramolecular Hbond substituents is 1. The summed E-state index contributed by atoms with van der Waals surface area (Å²) in [5.41, 5.74) is 2.16. The highest BCUT2D eigenvalue weighted by Crippen LogP contribution is 2.49. The Morgan fingerprint density at radius 3 is 1.57 bits per heavy atom. The van der Waals surface area contributed by atoms with Crippen LogP contribution in [0.3, 0.4) is 0 Å². The number of aromatic hydroxyl groups is 1. The van der Waals surface area contributed by atoms with Gasteiger partial charge in [0, 0.05) is 28.9 Å². The molecule has 0 saturated carbocycles. The van der Waals surface area contributed by atoms with Gasteiger partial charge in [0.25, 0.3) is 0 Å². The molecule has 1 rings (SSSR count). The molecule has 1 unspecified atom stereocenters. The third-order valence-corrected chi connectivity index (χ3v) is 9.15. The number of carbonyl (C=O) groups excluding carboxylic acids is 1. The van der Waals surface area contributed by atoms with Crippen molar-refractivity contribution in [2.45, 2.75) is 181 Å². The van der Waals surface area contributed by atoms with Crippen LogP contribution in [0.1, 0.15) is 187 Å². The summed E-state index contributed by atoms with van der Waals surface area (Å²) < 4.78 is 5.77. The molecule has 0 aliphatic heterocycles. The first-order valence-electron chi connectivity index (χ1n) is 16.5. The molecular weight excluding hydrogens is 512 g/mol. The lowest BCUT2D eigenvalue weighted by Gasteiger charge is -2.32. The van der Waals surface area contributed by atoms with Crippen molar-refractivity contribution in [1.29, 1.82) is 0 Å². The normalized spacial score (nSPS) is 13.0. The Kier molecular flexibility index (Phi) is 17.6. The van der Waals surface area contributed by atoms with Crippen LogP contribution < -0.4 is 4.74 Å². The molecule has 1 aromatic rings. The Morgan fingerprint density at radius 1 is 0.775 bits per heavy atom. The number of hydrogen-bond donors (Lipinski definition) is 1. The molecule has 1 N–H and O–H groups in total. The number of carbonyl (C=O) groups is 1. The maximum atomic E-state index is 12.0. The smallest absolute Gasteiger partial charge is 0.308 e. The summed E-state index contributed by atoms with van der Waals surface area (Å²) >= 11 is 1.91. The van der Waals surface area contributed by atoms with Crippen LogP contribution in [0.5, 0.6) is 11.5 Å². The lowest BCUT2D eigenvalue weighted by molar-refractivity contribution is -0.131. The molecule has 0 saturated heterocycles. The largest absolute Gasteiger partial charge is 0.507 e. The summed E-state index contributed by atoms with van der Waals surface area (Å²) in [6, 6.07) is 1.90. The first-order chi connectivity index (χ1) is 18.8. The van der Waals surface area contributed by atoms with Crippen LogP contribution in [0.25, 0.3) is 0 Å². The number of phenols is 1. The van der Waals surface area contributed by atoms with E-state index in [1.165, 1.54) is 110 Å². The van der Waals surface area contributed by atoms with E-state index in [-0.39, 0.29) is 22.0 Å². The van der Waals surface area contributed by atoms with Crippen molar-refractivity contribution in [3.63, 3.8) is 0 Å². The van der Waals surface area contributed by atoms with Gasteiger partial charge in [0.15, 0.2) is 0 Å². The van der Waals surface area contributed by atoms with Gasteiger partial charge in [0.1, 0.15) is 11.5 Å². The van der Waals surface area contributed by atoms with Gasteiger partial charge < -0.3 is 9.84 Å². The van der Waals surface area contributed by atoms with E-state index in [1.54, 1.807) is 0 Å². The lowest BCUT2D eigenvalue weighted by atomic mass is 9.76. The van der Waals surface area contributed by atoms with E-state index < -0.39 is 0 Å². The van der Waals surface area contributed by atoms with E-state index in [1.807, 2.05) is 17.8 Å². The van der Waals surface area contributed by atoms with Crippen molar-refractivity contribution in [2.75, 3.05) is 5.75 Å². The lowest BCUT2D eigenvalue weighted by Crippen LogP contribution is -2.21. The molecule has 4 heteroatoms. The van der Waals surface area contributed by atoms with Crippen molar-refractivity contribution in [1.82, 2.24) is 0 Å². The quantitative estimate of drug-likeness (QED) is 0.0952. The van der Waals surface area contributed by atoms with Crippen LogP contribution in [0.15, 0.2) is 6.07 Å². The van der Waals surface area contributed by atoms with Crippen molar-refractivity contribution < 1.29 is 14.6 Å². The maximum absolute atomic E-state index is 12.0. The SMILES string of the molecule is CCCCCCCCCCCCCCCCCCSC(C)c1c(OC(C)=O)cc(C(C)(C)C)c(O)c1C(C)(C)C. The number of ether oxygens (including phenoxy) is 1. The molecule has 0 heterocycles. The molecule has 3 nitrogen and oxygen atoms in total.